The Bertz CT molecular complexity index is 1370. The van der Waals surface area contributed by atoms with E-state index in [1.807, 2.05) is 0 Å². The van der Waals surface area contributed by atoms with Gasteiger partial charge >= 0.3 is 0 Å². The van der Waals surface area contributed by atoms with Crippen molar-refractivity contribution in [2.24, 2.45) is 9.98 Å². The summed E-state index contributed by atoms with van der Waals surface area (Å²) in [5.74, 6) is 0. The average molecular weight is 263 g/mol. The molecule has 2 nitrogen and oxygen atoms in total. The van der Waals surface area contributed by atoms with E-state index in [1.165, 1.54) is 12.1 Å². The molecule has 1 aliphatic carbocycles. The second-order valence-electron chi connectivity index (χ2n) is 4.78. The molecule has 3 aliphatic rings. The van der Waals surface area contributed by atoms with E-state index in [2.05, 4.69) is 9.98 Å². The number of fused-ring (bicyclic) bond motifs is 5. The van der Waals surface area contributed by atoms with Crippen molar-refractivity contribution in [1.29, 1.82) is 0 Å². The Hall–Kier alpha value is -2.48. The van der Waals surface area contributed by atoms with Crippen LogP contribution in [0.15, 0.2) is 58.4 Å². The fraction of sp³-hybridized carbons (Fsp3) is 0.111. The Morgan fingerprint density at radius 2 is 1.95 bits per heavy atom. The number of hydrogen-bond acceptors (Lipinski definition) is 2. The molecule has 0 spiro atoms. The van der Waals surface area contributed by atoms with Crippen molar-refractivity contribution in [3.05, 3.63) is 69.4 Å². The van der Waals surface area contributed by atoms with Crippen LogP contribution in [0, 0.1) is 10.4 Å². The number of para-hydroxylation sites is 1. The average Bonchev–Trinajstić information content (AvgIpc) is 3.17. The van der Waals surface area contributed by atoms with E-state index < -0.39 is 6.40 Å². The Kier molecular flexibility index (Phi) is 1.04. The number of benzene rings is 2. The summed E-state index contributed by atoms with van der Waals surface area (Å²) in [5, 5.41) is 1.49. The summed E-state index contributed by atoms with van der Waals surface area (Å²) in [7, 11) is 0. The molecule has 0 fully saturated rings. The molecule has 2 aliphatic heterocycles. The second kappa shape index (κ2) is 3.54. The molecule has 2 aromatic rings. The Balaban J connectivity index is 2.14. The minimum Gasteiger partial charge on any atom is -0.248 e. The normalized spacial score (nSPS) is 26.1. The van der Waals surface area contributed by atoms with Crippen molar-refractivity contribution in [1.82, 2.24) is 0 Å². The summed E-state index contributed by atoms with van der Waals surface area (Å²) in [6.45, 7) is 0. The first-order valence-electron chi connectivity index (χ1n) is 9.93. The van der Waals surface area contributed by atoms with Crippen LogP contribution in [-0.4, -0.2) is 5.71 Å². The maximum absolute atomic E-state index is 8.34. The van der Waals surface area contributed by atoms with Crippen molar-refractivity contribution in [2.75, 3.05) is 0 Å². The van der Waals surface area contributed by atoms with E-state index in [-0.39, 0.29) is 53.0 Å². The van der Waals surface area contributed by atoms with Gasteiger partial charge < -0.3 is 0 Å². The van der Waals surface area contributed by atoms with Crippen molar-refractivity contribution in [2.45, 2.75) is 12.8 Å². The summed E-state index contributed by atoms with van der Waals surface area (Å²) in [6, 6.07) is 0.904. The van der Waals surface area contributed by atoms with E-state index >= 15 is 0 Å². The minimum absolute atomic E-state index is 0.00546. The van der Waals surface area contributed by atoms with Crippen LogP contribution >= 0.6 is 0 Å². The molecule has 5 rings (SSSR count). The molecule has 2 aromatic carbocycles. The lowest BCUT2D eigenvalue weighted by atomic mass is 9.97. The van der Waals surface area contributed by atoms with Gasteiger partial charge in [-0.2, -0.15) is 0 Å². The van der Waals surface area contributed by atoms with Gasteiger partial charge in [-0.1, -0.05) is 24.2 Å². The molecule has 0 saturated carbocycles. The minimum atomic E-state index is -0.611. The van der Waals surface area contributed by atoms with Gasteiger partial charge in [-0.15, -0.1) is 0 Å². The summed E-state index contributed by atoms with van der Waals surface area (Å²) in [5.41, 5.74) is 1.49. The fourth-order valence-electron chi connectivity index (χ4n) is 2.84. The molecule has 0 saturated heterocycles. The molecule has 0 amide bonds. The van der Waals surface area contributed by atoms with Crippen LogP contribution in [0.4, 0.5) is 11.4 Å². The zero-order valence-corrected chi connectivity index (χ0v) is 10.3. The van der Waals surface area contributed by atoms with Gasteiger partial charge in [0, 0.05) is 17.0 Å². The highest BCUT2D eigenvalue weighted by molar-refractivity contribution is 6.28. The van der Waals surface area contributed by atoms with Crippen molar-refractivity contribution in [3.8, 4) is 0 Å². The third-order valence-electron chi connectivity index (χ3n) is 3.68. The fourth-order valence-corrected chi connectivity index (χ4v) is 2.84. The third-order valence-corrected chi connectivity index (χ3v) is 3.68. The number of rotatable bonds is 0. The summed E-state index contributed by atoms with van der Waals surface area (Å²) in [4.78, 5) is 8.77. The molecule has 94 valence electrons. The highest BCUT2D eigenvalue weighted by atomic mass is 14.8. The van der Waals surface area contributed by atoms with Gasteiger partial charge in [0.05, 0.1) is 30.7 Å². The van der Waals surface area contributed by atoms with Crippen LogP contribution in [-0.2, 0) is 0 Å². The molecular weight excluding hydrogens is 244 g/mol. The summed E-state index contributed by atoms with van der Waals surface area (Å²) in [6.07, 6.45) is 1.20. The predicted molar refractivity (Wildman–Crippen MR) is 79.9 cm³/mol. The lowest BCUT2D eigenvalue weighted by Gasteiger charge is -2.06. The maximum atomic E-state index is 8.34. The van der Waals surface area contributed by atoms with Crippen LogP contribution < -0.4 is 10.6 Å². The monoisotopic (exact) mass is 263 g/mol. The first-order valence-corrected chi connectivity index (χ1v) is 6.36. The topological polar surface area (TPSA) is 24.7 Å². The standard InChI is InChI=1S/C18H12N2/c1-3-7-13-11(5-1)17-15(19-13)9-10-16-18(17)12-6-2-4-8-14(12)20-16/h1,3-5,7-10H,2,6H2/i1D,2D,5D,7D,8D,9D,10D. The SMILES string of the molecule is [2H]C1=CC([2H])CC2=c3c(c([2H])c([2H])c4c3=c3c([2H])c([2H])cc([2H])c3=N4)N=C12. The first-order chi connectivity index (χ1) is 12.8. The zero-order chi connectivity index (χ0) is 19.2. The molecule has 1 atom stereocenters. The maximum Gasteiger partial charge on any atom is 0.0724 e. The lowest BCUT2D eigenvalue weighted by Crippen LogP contribution is -2.11. The van der Waals surface area contributed by atoms with Crippen molar-refractivity contribution >= 4 is 22.7 Å². The highest BCUT2D eigenvalue weighted by Gasteiger charge is 2.20. The molecule has 0 N–H and O–H groups in total. The molecular formula is C18H12N2. The molecule has 1 unspecified atom stereocenters. The van der Waals surface area contributed by atoms with Gasteiger partial charge in [0.2, 0.25) is 0 Å². The molecule has 0 radical (unpaired) electrons. The third kappa shape index (κ3) is 1.19. The van der Waals surface area contributed by atoms with Gasteiger partial charge in [0.15, 0.2) is 0 Å². The first kappa shape index (κ1) is 5.88. The molecule has 20 heavy (non-hydrogen) atoms. The molecule has 2 heterocycles. The van der Waals surface area contributed by atoms with Crippen LogP contribution in [0.5, 0.6) is 0 Å². The summed E-state index contributed by atoms with van der Waals surface area (Å²) < 4.78 is 57.3. The number of nitrogens with zero attached hydrogens (tertiary/aromatic N) is 2. The van der Waals surface area contributed by atoms with Crippen molar-refractivity contribution < 1.29 is 9.60 Å². The van der Waals surface area contributed by atoms with Gasteiger partial charge in [-0.25, -0.2) is 9.98 Å². The van der Waals surface area contributed by atoms with E-state index in [9.17, 15) is 0 Å². The van der Waals surface area contributed by atoms with Gasteiger partial charge in [-0.3, -0.25) is 0 Å². The van der Waals surface area contributed by atoms with Crippen LogP contribution in [0.2, 0.25) is 0 Å². The second-order valence-corrected chi connectivity index (χ2v) is 4.78. The van der Waals surface area contributed by atoms with Gasteiger partial charge in [0.25, 0.3) is 0 Å². The smallest absolute Gasteiger partial charge is 0.0724 e. The summed E-state index contributed by atoms with van der Waals surface area (Å²) >= 11 is 0. The zero-order valence-electron chi connectivity index (χ0n) is 17.3. The quantitative estimate of drug-likeness (QED) is 0.596. The largest absolute Gasteiger partial charge is 0.248 e. The van der Waals surface area contributed by atoms with Gasteiger partial charge in [0.1, 0.15) is 0 Å². The lowest BCUT2D eigenvalue weighted by molar-refractivity contribution is 1.07. The van der Waals surface area contributed by atoms with Crippen LogP contribution in [0.3, 0.4) is 0 Å². The Labute approximate surface area is 125 Å². The molecule has 2 heteroatoms. The van der Waals surface area contributed by atoms with Crippen molar-refractivity contribution in [3.63, 3.8) is 0 Å². The van der Waals surface area contributed by atoms with E-state index in [0.717, 1.165) is 0 Å². The Morgan fingerprint density at radius 1 is 1.05 bits per heavy atom. The van der Waals surface area contributed by atoms with Crippen LogP contribution in [0.1, 0.15) is 22.4 Å². The Morgan fingerprint density at radius 3 is 2.90 bits per heavy atom. The molecule has 0 bridgehead atoms. The van der Waals surface area contributed by atoms with Crippen LogP contribution in [0.25, 0.3) is 5.57 Å². The van der Waals surface area contributed by atoms with E-state index in [1.54, 1.807) is 0 Å². The molecule has 0 aromatic heterocycles. The highest BCUT2D eigenvalue weighted by Crippen LogP contribution is 2.28. The predicted octanol–water partition coefficient (Wildman–Crippen LogP) is 2.83. The van der Waals surface area contributed by atoms with Gasteiger partial charge in [-0.05, 0) is 42.6 Å². The van der Waals surface area contributed by atoms with E-state index in [4.69, 9.17) is 9.60 Å². The number of aliphatic imine (C=N–C) groups is 1. The number of allylic oxidation sites excluding steroid dienone is 2. The van der Waals surface area contributed by atoms with E-state index in [0.29, 0.717) is 33.4 Å². The number of hydrogen-bond donors (Lipinski definition) is 0.